The molecular weight excluding hydrogens is 608 g/mol. The van der Waals surface area contributed by atoms with Gasteiger partial charge in [-0.3, -0.25) is 4.79 Å². The maximum Gasteiger partial charge on any atom is 0.306 e. The molecule has 0 saturated heterocycles. The fourth-order valence-electron chi connectivity index (χ4n) is 6.66. The first kappa shape index (κ1) is 45.3. The van der Waals surface area contributed by atoms with Gasteiger partial charge in [0.1, 0.15) is 36.6 Å². The van der Waals surface area contributed by atoms with Gasteiger partial charge in [-0.15, -0.1) is 0 Å². The second-order valence-corrected chi connectivity index (χ2v) is 15.0. The fourth-order valence-corrected chi connectivity index (χ4v) is 6.66. The van der Waals surface area contributed by atoms with E-state index in [-0.39, 0.29) is 19.2 Å². The Hall–Kier alpha value is -0.770. The molecule has 0 bridgehead atoms. The fraction of sp³-hybridized carbons (Fsp3) is 0.975. The Bertz CT molecular complexity index is 722. The first-order valence-electron chi connectivity index (χ1n) is 20.3. The molecule has 0 aromatic heterocycles. The first-order valence-corrected chi connectivity index (χ1v) is 20.3. The Labute approximate surface area is 295 Å². The summed E-state index contributed by atoms with van der Waals surface area (Å²) >= 11 is 0. The molecule has 1 saturated carbocycles. The van der Waals surface area contributed by atoms with Crippen LogP contribution < -0.4 is 0 Å². The maximum atomic E-state index is 12.6. The Kier molecular flexibility index (Phi) is 28.2. The summed E-state index contributed by atoms with van der Waals surface area (Å²) in [6.07, 6.45) is 21.1. The van der Waals surface area contributed by atoms with Crippen LogP contribution in [-0.2, 0) is 19.0 Å². The van der Waals surface area contributed by atoms with Crippen LogP contribution in [0.5, 0.6) is 0 Å². The van der Waals surface area contributed by atoms with Crippen LogP contribution in [0.4, 0.5) is 0 Å². The number of hydrogen-bond donors (Lipinski definition) is 4. The van der Waals surface area contributed by atoms with E-state index in [1.807, 2.05) is 0 Å². The quantitative estimate of drug-likeness (QED) is 0.0401. The van der Waals surface area contributed by atoms with Gasteiger partial charge in [0, 0.05) is 13.0 Å². The molecule has 0 aliphatic heterocycles. The van der Waals surface area contributed by atoms with Crippen LogP contribution in [0.1, 0.15) is 182 Å². The molecular formula is C40H78O8. The van der Waals surface area contributed by atoms with Crippen LogP contribution in [0.15, 0.2) is 0 Å². The normalized spacial score (nSPS) is 23.0. The molecule has 1 aliphatic carbocycles. The highest BCUT2D eigenvalue weighted by Gasteiger charge is 2.49. The van der Waals surface area contributed by atoms with Gasteiger partial charge >= 0.3 is 5.97 Å². The molecule has 1 aliphatic rings. The zero-order valence-electron chi connectivity index (χ0n) is 31.6. The molecule has 0 amide bonds. The molecule has 8 atom stereocenters. The minimum Gasteiger partial charge on any atom is -0.457 e. The van der Waals surface area contributed by atoms with Crippen LogP contribution >= 0.6 is 0 Å². The van der Waals surface area contributed by atoms with E-state index in [2.05, 4.69) is 27.7 Å². The summed E-state index contributed by atoms with van der Waals surface area (Å²) in [6.45, 7) is 9.88. The molecule has 0 aromatic rings. The summed E-state index contributed by atoms with van der Waals surface area (Å²) in [6, 6.07) is 0. The predicted octanol–water partition coefficient (Wildman–Crippen LogP) is 8.43. The Morgan fingerprint density at radius 2 is 1.02 bits per heavy atom. The molecule has 8 heteroatoms. The van der Waals surface area contributed by atoms with Gasteiger partial charge in [0.2, 0.25) is 0 Å². The van der Waals surface area contributed by atoms with E-state index < -0.39 is 36.6 Å². The molecule has 8 nitrogen and oxygen atoms in total. The Balaban J connectivity index is 2.25. The van der Waals surface area contributed by atoms with Gasteiger partial charge < -0.3 is 34.6 Å². The van der Waals surface area contributed by atoms with E-state index in [0.717, 1.165) is 43.9 Å². The third-order valence-electron chi connectivity index (χ3n) is 10.4. The lowest BCUT2D eigenvalue weighted by atomic mass is 9.96. The zero-order chi connectivity index (χ0) is 35.4. The highest BCUT2D eigenvalue weighted by molar-refractivity contribution is 5.69. The van der Waals surface area contributed by atoms with E-state index in [0.29, 0.717) is 13.0 Å². The highest BCUT2D eigenvalue weighted by atomic mass is 16.6. The van der Waals surface area contributed by atoms with Crippen LogP contribution in [-0.4, -0.2) is 82.8 Å². The van der Waals surface area contributed by atoms with Crippen molar-refractivity contribution in [1.82, 2.24) is 0 Å². The lowest BCUT2D eigenvalue weighted by Gasteiger charge is -2.24. The van der Waals surface area contributed by atoms with E-state index in [4.69, 9.17) is 14.2 Å². The number of unbranched alkanes of at least 4 members (excludes halogenated alkanes) is 16. The third-order valence-corrected chi connectivity index (χ3v) is 10.4. The molecule has 48 heavy (non-hydrogen) atoms. The number of aliphatic hydroxyl groups is 4. The number of aliphatic hydroxyl groups excluding tert-OH is 4. The average molecular weight is 687 g/mol. The largest absolute Gasteiger partial charge is 0.457 e. The summed E-state index contributed by atoms with van der Waals surface area (Å²) < 4.78 is 17.2. The van der Waals surface area contributed by atoms with E-state index in [1.54, 1.807) is 0 Å². The van der Waals surface area contributed by atoms with Crippen molar-refractivity contribution in [1.29, 1.82) is 0 Å². The summed E-state index contributed by atoms with van der Waals surface area (Å²) in [5.74, 6) is 1.38. The minimum atomic E-state index is -1.49. The van der Waals surface area contributed by atoms with Crippen molar-refractivity contribution in [2.75, 3.05) is 19.8 Å². The minimum absolute atomic E-state index is 0.0989. The van der Waals surface area contributed by atoms with Gasteiger partial charge in [-0.2, -0.15) is 0 Å². The number of carbonyl (C=O) groups excluding carboxylic acids is 1. The third kappa shape index (κ3) is 22.1. The van der Waals surface area contributed by atoms with E-state index >= 15 is 0 Å². The van der Waals surface area contributed by atoms with Gasteiger partial charge in [0.15, 0.2) is 0 Å². The number of esters is 1. The van der Waals surface area contributed by atoms with Crippen LogP contribution in [0, 0.1) is 11.8 Å². The van der Waals surface area contributed by atoms with Crippen LogP contribution in [0.2, 0.25) is 0 Å². The van der Waals surface area contributed by atoms with Crippen molar-refractivity contribution in [3.05, 3.63) is 0 Å². The van der Waals surface area contributed by atoms with Crippen molar-refractivity contribution in [2.24, 2.45) is 11.8 Å². The summed E-state index contributed by atoms with van der Waals surface area (Å²) in [5.41, 5.74) is 0. The number of rotatable bonds is 33. The molecule has 1 fully saturated rings. The van der Waals surface area contributed by atoms with Gasteiger partial charge in [-0.25, -0.2) is 0 Å². The van der Waals surface area contributed by atoms with Crippen molar-refractivity contribution in [2.45, 2.75) is 218 Å². The molecule has 1 rings (SSSR count). The molecule has 0 spiro atoms. The van der Waals surface area contributed by atoms with Crippen molar-refractivity contribution < 1.29 is 39.4 Å². The second-order valence-electron chi connectivity index (χ2n) is 15.0. The van der Waals surface area contributed by atoms with Gasteiger partial charge in [0.05, 0.1) is 13.2 Å². The summed E-state index contributed by atoms with van der Waals surface area (Å²) in [5, 5.41) is 40.1. The number of ether oxygens (including phenoxy) is 3. The van der Waals surface area contributed by atoms with Crippen LogP contribution in [0.25, 0.3) is 0 Å². The highest BCUT2D eigenvalue weighted by Crippen LogP contribution is 2.25. The lowest BCUT2D eigenvalue weighted by Crippen LogP contribution is -2.39. The van der Waals surface area contributed by atoms with Crippen LogP contribution in [0.3, 0.4) is 0 Å². The molecule has 0 heterocycles. The molecule has 286 valence electrons. The summed E-state index contributed by atoms with van der Waals surface area (Å²) in [7, 11) is 0. The van der Waals surface area contributed by atoms with Gasteiger partial charge in [-0.1, -0.05) is 163 Å². The Morgan fingerprint density at radius 1 is 0.562 bits per heavy atom. The van der Waals surface area contributed by atoms with E-state index in [1.165, 1.54) is 116 Å². The molecule has 4 N–H and O–H groups in total. The second kappa shape index (κ2) is 29.9. The number of hydrogen-bond acceptors (Lipinski definition) is 8. The SMILES string of the molecule is CCCCCCC(C)CCCCCCCCCOC[C@@H](COC1C(O)C(O)[C@@H](O)C1O)OC(=O)CCCCCCCCCCC(C)CC. The molecule has 0 radical (unpaired) electrons. The van der Waals surface area contributed by atoms with Crippen molar-refractivity contribution in [3.8, 4) is 0 Å². The van der Waals surface area contributed by atoms with Crippen molar-refractivity contribution >= 4 is 5.97 Å². The Morgan fingerprint density at radius 3 is 1.54 bits per heavy atom. The first-order chi connectivity index (χ1) is 23.2. The zero-order valence-corrected chi connectivity index (χ0v) is 31.6. The van der Waals surface area contributed by atoms with Gasteiger partial charge in [-0.05, 0) is 24.7 Å². The van der Waals surface area contributed by atoms with E-state index in [9.17, 15) is 25.2 Å². The standard InChI is InChI=1S/C40H78O8/c1-5-7-8-20-26-33(4)27-22-17-13-11-15-19-24-29-46-30-34(31-47-40-38(44)36(42)37(43)39(40)45)48-35(41)28-23-18-14-10-9-12-16-21-25-32(3)6-2/h32-34,36-40,42-45H,5-31H2,1-4H3/t32?,33?,34-,36+,37?,38?,39?,40?/m0/s1. The van der Waals surface area contributed by atoms with Gasteiger partial charge in [0.25, 0.3) is 0 Å². The lowest BCUT2D eigenvalue weighted by molar-refractivity contribution is -0.163. The molecule has 0 aromatic carbocycles. The monoisotopic (exact) mass is 687 g/mol. The predicted molar refractivity (Wildman–Crippen MR) is 195 cm³/mol. The molecule has 6 unspecified atom stereocenters. The number of carbonyl (C=O) groups is 1. The maximum absolute atomic E-state index is 12.6. The smallest absolute Gasteiger partial charge is 0.306 e. The average Bonchev–Trinajstić information content (AvgIpc) is 3.26. The summed E-state index contributed by atoms with van der Waals surface area (Å²) in [4.78, 5) is 12.6. The van der Waals surface area contributed by atoms with Crippen molar-refractivity contribution in [3.63, 3.8) is 0 Å². The topological polar surface area (TPSA) is 126 Å².